The van der Waals surface area contributed by atoms with Gasteiger partial charge in [-0.1, -0.05) is 23.8 Å². The number of amides is 1. The first-order chi connectivity index (χ1) is 10.1. The average molecular weight is 296 g/mol. The first-order valence-electron chi connectivity index (χ1n) is 6.63. The molecule has 0 aromatic heterocycles. The molecule has 0 fully saturated rings. The molecule has 0 aliphatic carbocycles. The van der Waals surface area contributed by atoms with E-state index in [0.29, 0.717) is 11.3 Å². The van der Waals surface area contributed by atoms with Crippen LogP contribution in [0.3, 0.4) is 0 Å². The minimum atomic E-state index is -0.211. The summed E-state index contributed by atoms with van der Waals surface area (Å²) >= 11 is 1.52. The summed E-state index contributed by atoms with van der Waals surface area (Å²) in [5, 5.41) is 11.5. The van der Waals surface area contributed by atoms with E-state index in [1.54, 1.807) is 24.3 Å². The highest BCUT2D eigenvalue weighted by Gasteiger charge is 2.14. The highest BCUT2D eigenvalue weighted by molar-refractivity contribution is 8.00. The second kappa shape index (κ2) is 6.96. The average Bonchev–Trinajstić information content (AvgIpc) is 2.47. The van der Waals surface area contributed by atoms with E-state index in [1.165, 1.54) is 17.3 Å². The van der Waals surface area contributed by atoms with Crippen LogP contribution in [0.1, 0.15) is 18.1 Å². The predicted molar refractivity (Wildman–Crippen MR) is 86.3 cm³/mol. The Morgan fingerprint density at radius 1 is 1.24 bits per heavy atom. The van der Waals surface area contributed by atoms with E-state index in [0.717, 1.165) is 4.90 Å². The molecule has 21 heavy (non-hydrogen) atoms. The minimum absolute atomic E-state index is 0.0726. The first-order valence-corrected chi connectivity index (χ1v) is 7.51. The van der Waals surface area contributed by atoms with Crippen LogP contribution in [-0.4, -0.2) is 11.2 Å². The number of nitriles is 1. The normalized spacial score (nSPS) is 11.5. The summed E-state index contributed by atoms with van der Waals surface area (Å²) in [6, 6.07) is 17.0. The molecule has 1 atom stereocenters. The third-order valence-electron chi connectivity index (χ3n) is 2.93. The van der Waals surface area contributed by atoms with Crippen molar-refractivity contribution in [3.8, 4) is 6.07 Å². The molecular formula is C17H16N2OS. The van der Waals surface area contributed by atoms with Gasteiger partial charge in [0.2, 0.25) is 5.91 Å². The van der Waals surface area contributed by atoms with Crippen molar-refractivity contribution < 1.29 is 4.79 Å². The minimum Gasteiger partial charge on any atom is -0.325 e. The van der Waals surface area contributed by atoms with Gasteiger partial charge >= 0.3 is 0 Å². The van der Waals surface area contributed by atoms with E-state index in [1.807, 2.05) is 32.0 Å². The number of carbonyl (C=O) groups is 1. The Hall–Kier alpha value is -2.25. The van der Waals surface area contributed by atoms with Gasteiger partial charge in [-0.2, -0.15) is 5.26 Å². The molecule has 2 aromatic rings. The molecule has 0 saturated carbocycles. The topological polar surface area (TPSA) is 52.9 Å². The Labute approximate surface area is 129 Å². The van der Waals surface area contributed by atoms with Crippen LogP contribution < -0.4 is 5.32 Å². The zero-order valence-corrected chi connectivity index (χ0v) is 12.8. The standard InChI is InChI=1S/C17H16N2OS/c1-12-5-3-8-16(9-12)21-13(2)17(20)19-15-7-4-6-14(10-15)11-18/h3-10,13H,1-2H3,(H,19,20). The number of rotatable bonds is 4. The number of aryl methyl sites for hydroxylation is 1. The second-order valence-electron chi connectivity index (χ2n) is 4.76. The molecule has 0 spiro atoms. The summed E-state index contributed by atoms with van der Waals surface area (Å²) in [6.45, 7) is 3.90. The molecule has 3 nitrogen and oxygen atoms in total. The molecule has 0 heterocycles. The van der Waals surface area contributed by atoms with Gasteiger partial charge in [-0.3, -0.25) is 4.79 Å². The fourth-order valence-corrected chi connectivity index (χ4v) is 2.84. The Kier molecular flexibility index (Phi) is 5.02. The van der Waals surface area contributed by atoms with Gasteiger partial charge in [-0.05, 0) is 44.2 Å². The summed E-state index contributed by atoms with van der Waals surface area (Å²) < 4.78 is 0. The summed E-state index contributed by atoms with van der Waals surface area (Å²) in [7, 11) is 0. The molecule has 0 aliphatic rings. The monoisotopic (exact) mass is 296 g/mol. The number of carbonyl (C=O) groups excluding carboxylic acids is 1. The van der Waals surface area contributed by atoms with Crippen molar-refractivity contribution in [3.05, 3.63) is 59.7 Å². The fraction of sp³-hybridized carbons (Fsp3) is 0.176. The number of nitrogens with zero attached hydrogens (tertiary/aromatic N) is 1. The van der Waals surface area contributed by atoms with Crippen LogP contribution in [0.15, 0.2) is 53.4 Å². The molecule has 0 radical (unpaired) electrons. The van der Waals surface area contributed by atoms with Gasteiger partial charge in [0.25, 0.3) is 0 Å². The number of nitrogens with one attached hydrogen (secondary N) is 1. The summed E-state index contributed by atoms with van der Waals surface area (Å²) in [4.78, 5) is 13.3. The van der Waals surface area contributed by atoms with Crippen molar-refractivity contribution in [3.63, 3.8) is 0 Å². The molecule has 0 saturated heterocycles. The molecule has 1 unspecified atom stereocenters. The molecule has 0 bridgehead atoms. The molecule has 2 rings (SSSR count). The van der Waals surface area contributed by atoms with Gasteiger partial charge in [-0.25, -0.2) is 0 Å². The van der Waals surface area contributed by atoms with Crippen molar-refractivity contribution in [1.29, 1.82) is 5.26 Å². The maximum Gasteiger partial charge on any atom is 0.237 e. The quantitative estimate of drug-likeness (QED) is 0.868. The predicted octanol–water partition coefficient (Wildman–Crippen LogP) is 3.99. The van der Waals surface area contributed by atoms with Crippen LogP contribution in [0.4, 0.5) is 5.69 Å². The van der Waals surface area contributed by atoms with Gasteiger partial charge < -0.3 is 5.32 Å². The molecule has 106 valence electrons. The molecule has 0 aliphatic heterocycles. The second-order valence-corrected chi connectivity index (χ2v) is 6.17. The highest BCUT2D eigenvalue weighted by atomic mass is 32.2. The fourth-order valence-electron chi connectivity index (χ4n) is 1.86. The molecular weight excluding hydrogens is 280 g/mol. The summed E-state index contributed by atoms with van der Waals surface area (Å²) in [6.07, 6.45) is 0. The maximum atomic E-state index is 12.2. The molecule has 1 amide bonds. The summed E-state index contributed by atoms with van der Waals surface area (Å²) in [5.74, 6) is -0.0726. The van der Waals surface area contributed by atoms with Crippen molar-refractivity contribution >= 4 is 23.4 Å². The van der Waals surface area contributed by atoms with E-state index in [-0.39, 0.29) is 11.2 Å². The lowest BCUT2D eigenvalue weighted by atomic mass is 10.2. The van der Waals surface area contributed by atoms with Gasteiger partial charge in [-0.15, -0.1) is 11.8 Å². The Balaban J connectivity index is 2.01. The molecule has 2 aromatic carbocycles. The van der Waals surface area contributed by atoms with Gasteiger partial charge in [0.1, 0.15) is 0 Å². The Bertz CT molecular complexity index is 691. The van der Waals surface area contributed by atoms with Crippen LogP contribution in [0.25, 0.3) is 0 Å². The van der Waals surface area contributed by atoms with Crippen LogP contribution in [0.2, 0.25) is 0 Å². The van der Waals surface area contributed by atoms with Crippen molar-refractivity contribution in [2.24, 2.45) is 0 Å². The number of hydrogen-bond donors (Lipinski definition) is 1. The van der Waals surface area contributed by atoms with E-state index < -0.39 is 0 Å². The van der Waals surface area contributed by atoms with Crippen LogP contribution in [0, 0.1) is 18.3 Å². The van der Waals surface area contributed by atoms with Gasteiger partial charge in [0, 0.05) is 10.6 Å². The highest BCUT2D eigenvalue weighted by Crippen LogP contribution is 2.25. The zero-order chi connectivity index (χ0) is 15.2. The van der Waals surface area contributed by atoms with E-state index in [4.69, 9.17) is 5.26 Å². The smallest absolute Gasteiger partial charge is 0.237 e. The largest absolute Gasteiger partial charge is 0.325 e. The third kappa shape index (κ3) is 4.37. The number of thioether (sulfide) groups is 1. The zero-order valence-electron chi connectivity index (χ0n) is 12.0. The van der Waals surface area contributed by atoms with E-state index >= 15 is 0 Å². The summed E-state index contributed by atoms with van der Waals surface area (Å²) in [5.41, 5.74) is 2.36. The van der Waals surface area contributed by atoms with Crippen molar-refractivity contribution in [2.75, 3.05) is 5.32 Å². The lowest BCUT2D eigenvalue weighted by Gasteiger charge is -2.12. The van der Waals surface area contributed by atoms with Crippen LogP contribution in [0.5, 0.6) is 0 Å². The van der Waals surface area contributed by atoms with Crippen LogP contribution in [-0.2, 0) is 4.79 Å². The third-order valence-corrected chi connectivity index (χ3v) is 4.02. The van der Waals surface area contributed by atoms with Gasteiger partial charge in [0.15, 0.2) is 0 Å². The first kappa shape index (κ1) is 15.1. The van der Waals surface area contributed by atoms with Crippen molar-refractivity contribution in [1.82, 2.24) is 0 Å². The van der Waals surface area contributed by atoms with E-state index in [2.05, 4.69) is 17.5 Å². The number of hydrogen-bond acceptors (Lipinski definition) is 3. The van der Waals surface area contributed by atoms with Crippen LogP contribution >= 0.6 is 11.8 Å². The lowest BCUT2D eigenvalue weighted by molar-refractivity contribution is -0.115. The van der Waals surface area contributed by atoms with E-state index in [9.17, 15) is 4.79 Å². The number of benzene rings is 2. The van der Waals surface area contributed by atoms with Gasteiger partial charge in [0.05, 0.1) is 16.9 Å². The SMILES string of the molecule is Cc1cccc(SC(C)C(=O)Nc2cccc(C#N)c2)c1. The van der Waals surface area contributed by atoms with Crippen molar-refractivity contribution in [2.45, 2.75) is 24.0 Å². The molecule has 1 N–H and O–H groups in total. The lowest BCUT2D eigenvalue weighted by Crippen LogP contribution is -2.22. The Morgan fingerprint density at radius 3 is 2.71 bits per heavy atom. The molecule has 4 heteroatoms. The maximum absolute atomic E-state index is 12.2. The Morgan fingerprint density at radius 2 is 2.00 bits per heavy atom. The number of anilines is 1.